The zero-order valence-electron chi connectivity index (χ0n) is 8.53. The Balaban J connectivity index is 1.74. The second-order valence-corrected chi connectivity index (χ2v) is 4.76. The molecule has 3 heteroatoms. The summed E-state index contributed by atoms with van der Waals surface area (Å²) in [6, 6.07) is 4.74. The van der Waals surface area contributed by atoms with Crippen LogP contribution in [-0.4, -0.2) is 19.3 Å². The van der Waals surface area contributed by atoms with Gasteiger partial charge in [0.2, 0.25) is 0 Å². The Morgan fingerprint density at radius 2 is 2.64 bits per heavy atom. The molecular formula is C11H17NOS. The standard InChI is InChI=1S/C11H17NOS/c1-9(11-5-3-7-14-11)12-8-10-4-2-6-13-10/h3,5,7,9-10,12H,2,4,6,8H2,1H3/t9-,10+/m0/s1. The van der Waals surface area contributed by atoms with Gasteiger partial charge >= 0.3 is 0 Å². The maximum absolute atomic E-state index is 5.56. The van der Waals surface area contributed by atoms with Crippen LogP contribution in [0.1, 0.15) is 30.7 Å². The highest BCUT2D eigenvalue weighted by atomic mass is 32.1. The van der Waals surface area contributed by atoms with Crippen LogP contribution in [0.15, 0.2) is 17.5 Å². The molecule has 1 aliphatic heterocycles. The number of ether oxygens (including phenoxy) is 1. The van der Waals surface area contributed by atoms with Gasteiger partial charge in [-0.15, -0.1) is 11.3 Å². The average molecular weight is 211 g/mol. The number of hydrogen-bond acceptors (Lipinski definition) is 3. The van der Waals surface area contributed by atoms with Crippen molar-refractivity contribution in [3.8, 4) is 0 Å². The summed E-state index contributed by atoms with van der Waals surface area (Å²) in [5.74, 6) is 0. The molecule has 0 aromatic carbocycles. The Morgan fingerprint density at radius 3 is 3.29 bits per heavy atom. The summed E-state index contributed by atoms with van der Waals surface area (Å²) in [5.41, 5.74) is 0. The smallest absolute Gasteiger partial charge is 0.0700 e. The van der Waals surface area contributed by atoms with Crippen molar-refractivity contribution in [1.82, 2.24) is 5.32 Å². The number of thiophene rings is 1. The minimum absolute atomic E-state index is 0.442. The molecule has 1 fully saturated rings. The van der Waals surface area contributed by atoms with Gasteiger partial charge in [-0.2, -0.15) is 0 Å². The molecule has 1 aliphatic rings. The predicted molar refractivity (Wildman–Crippen MR) is 59.7 cm³/mol. The maximum Gasteiger partial charge on any atom is 0.0700 e. The molecule has 2 rings (SSSR count). The molecule has 0 aliphatic carbocycles. The molecule has 78 valence electrons. The summed E-state index contributed by atoms with van der Waals surface area (Å²) in [6.45, 7) is 4.14. The Hall–Kier alpha value is -0.380. The van der Waals surface area contributed by atoms with Crippen molar-refractivity contribution >= 4 is 11.3 Å². The van der Waals surface area contributed by atoms with E-state index < -0.39 is 0 Å². The lowest BCUT2D eigenvalue weighted by atomic mass is 10.2. The summed E-state index contributed by atoms with van der Waals surface area (Å²) in [7, 11) is 0. The molecule has 0 bridgehead atoms. The van der Waals surface area contributed by atoms with Crippen LogP contribution in [-0.2, 0) is 4.74 Å². The monoisotopic (exact) mass is 211 g/mol. The van der Waals surface area contributed by atoms with Gasteiger partial charge < -0.3 is 10.1 Å². The molecule has 1 aromatic heterocycles. The van der Waals surface area contributed by atoms with Crippen LogP contribution in [0.2, 0.25) is 0 Å². The quantitative estimate of drug-likeness (QED) is 0.826. The van der Waals surface area contributed by atoms with E-state index in [1.165, 1.54) is 17.7 Å². The van der Waals surface area contributed by atoms with Crippen LogP contribution in [0, 0.1) is 0 Å². The van der Waals surface area contributed by atoms with E-state index in [0.717, 1.165) is 13.2 Å². The van der Waals surface area contributed by atoms with E-state index in [9.17, 15) is 0 Å². The minimum atomic E-state index is 0.442. The van der Waals surface area contributed by atoms with Crippen molar-refractivity contribution in [3.05, 3.63) is 22.4 Å². The number of rotatable bonds is 4. The first-order valence-corrected chi connectivity index (χ1v) is 6.12. The zero-order chi connectivity index (χ0) is 9.80. The number of nitrogens with one attached hydrogen (secondary N) is 1. The Bertz CT molecular complexity index is 254. The lowest BCUT2D eigenvalue weighted by molar-refractivity contribution is 0.108. The van der Waals surface area contributed by atoms with E-state index in [2.05, 4.69) is 29.8 Å². The Kier molecular flexibility index (Phi) is 3.56. The summed E-state index contributed by atoms with van der Waals surface area (Å²) in [6.07, 6.45) is 2.88. The van der Waals surface area contributed by atoms with Crippen molar-refractivity contribution in [3.63, 3.8) is 0 Å². The lowest BCUT2D eigenvalue weighted by Gasteiger charge is -2.15. The summed E-state index contributed by atoms with van der Waals surface area (Å²) < 4.78 is 5.56. The number of hydrogen-bond donors (Lipinski definition) is 1. The lowest BCUT2D eigenvalue weighted by Crippen LogP contribution is -2.28. The zero-order valence-corrected chi connectivity index (χ0v) is 9.35. The van der Waals surface area contributed by atoms with Crippen LogP contribution in [0.25, 0.3) is 0 Å². The molecule has 2 atom stereocenters. The van der Waals surface area contributed by atoms with Gasteiger partial charge in [0.1, 0.15) is 0 Å². The molecule has 1 aromatic rings. The van der Waals surface area contributed by atoms with Crippen molar-refractivity contribution < 1.29 is 4.74 Å². The largest absolute Gasteiger partial charge is 0.377 e. The normalized spacial score (nSPS) is 23.9. The molecule has 0 saturated carbocycles. The molecule has 1 saturated heterocycles. The second-order valence-electron chi connectivity index (χ2n) is 3.78. The molecule has 1 N–H and O–H groups in total. The van der Waals surface area contributed by atoms with E-state index >= 15 is 0 Å². The van der Waals surface area contributed by atoms with E-state index in [1.807, 2.05) is 11.3 Å². The highest BCUT2D eigenvalue weighted by Gasteiger charge is 2.16. The molecule has 0 unspecified atom stereocenters. The molecule has 2 heterocycles. The van der Waals surface area contributed by atoms with Crippen LogP contribution in [0.5, 0.6) is 0 Å². The van der Waals surface area contributed by atoms with Crippen LogP contribution < -0.4 is 5.32 Å². The first-order chi connectivity index (χ1) is 6.86. The SMILES string of the molecule is C[C@H](NC[C@H]1CCCO1)c1cccs1. The maximum atomic E-state index is 5.56. The third-order valence-electron chi connectivity index (χ3n) is 2.65. The molecule has 14 heavy (non-hydrogen) atoms. The summed E-state index contributed by atoms with van der Waals surface area (Å²) in [4.78, 5) is 1.41. The summed E-state index contributed by atoms with van der Waals surface area (Å²) >= 11 is 1.81. The van der Waals surface area contributed by atoms with Gasteiger partial charge in [-0.3, -0.25) is 0 Å². The van der Waals surface area contributed by atoms with Gasteiger partial charge in [-0.1, -0.05) is 6.07 Å². The van der Waals surface area contributed by atoms with Gasteiger partial charge in [0.05, 0.1) is 6.10 Å². The second kappa shape index (κ2) is 4.91. The Labute approximate surface area is 89.3 Å². The van der Waals surface area contributed by atoms with Crippen LogP contribution in [0.4, 0.5) is 0 Å². The first-order valence-electron chi connectivity index (χ1n) is 5.24. The minimum Gasteiger partial charge on any atom is -0.377 e. The van der Waals surface area contributed by atoms with Gasteiger partial charge in [-0.25, -0.2) is 0 Å². The third-order valence-corrected chi connectivity index (χ3v) is 3.70. The van der Waals surface area contributed by atoms with Crippen LogP contribution in [0.3, 0.4) is 0 Å². The molecule has 2 nitrogen and oxygen atoms in total. The van der Waals surface area contributed by atoms with Crippen molar-refractivity contribution in [2.75, 3.05) is 13.2 Å². The van der Waals surface area contributed by atoms with Gasteiger partial charge in [0.15, 0.2) is 0 Å². The fourth-order valence-corrected chi connectivity index (χ4v) is 2.51. The van der Waals surface area contributed by atoms with Gasteiger partial charge in [0, 0.05) is 24.1 Å². The molecule has 0 radical (unpaired) electrons. The van der Waals surface area contributed by atoms with E-state index in [1.54, 1.807) is 0 Å². The highest BCUT2D eigenvalue weighted by Crippen LogP contribution is 2.19. The van der Waals surface area contributed by atoms with E-state index in [4.69, 9.17) is 4.74 Å². The van der Waals surface area contributed by atoms with Gasteiger partial charge in [0.25, 0.3) is 0 Å². The predicted octanol–water partition coefficient (Wildman–Crippen LogP) is 2.58. The fraction of sp³-hybridized carbons (Fsp3) is 0.636. The average Bonchev–Trinajstić information content (AvgIpc) is 2.87. The molecule has 0 amide bonds. The van der Waals surface area contributed by atoms with Crippen molar-refractivity contribution in [2.45, 2.75) is 31.9 Å². The fourth-order valence-electron chi connectivity index (χ4n) is 1.75. The summed E-state index contributed by atoms with van der Waals surface area (Å²) in [5, 5.41) is 5.64. The van der Waals surface area contributed by atoms with Gasteiger partial charge in [-0.05, 0) is 31.2 Å². The highest BCUT2D eigenvalue weighted by molar-refractivity contribution is 7.10. The first kappa shape index (κ1) is 10.1. The van der Waals surface area contributed by atoms with Crippen LogP contribution >= 0.6 is 11.3 Å². The van der Waals surface area contributed by atoms with E-state index in [0.29, 0.717) is 12.1 Å². The molecule has 0 spiro atoms. The molecular weight excluding hydrogens is 194 g/mol. The van der Waals surface area contributed by atoms with E-state index in [-0.39, 0.29) is 0 Å². The third kappa shape index (κ3) is 2.56. The van der Waals surface area contributed by atoms with Crippen molar-refractivity contribution in [1.29, 1.82) is 0 Å². The Morgan fingerprint density at radius 1 is 1.71 bits per heavy atom. The van der Waals surface area contributed by atoms with Crippen molar-refractivity contribution in [2.24, 2.45) is 0 Å². The topological polar surface area (TPSA) is 21.3 Å².